The predicted molar refractivity (Wildman–Crippen MR) is 56.9 cm³/mol. The Bertz CT molecular complexity index is 325. The van der Waals surface area contributed by atoms with Crippen molar-refractivity contribution in [3.63, 3.8) is 0 Å². The average Bonchev–Trinajstić information content (AvgIpc) is 2.17. The highest BCUT2D eigenvalue weighted by Crippen LogP contribution is 2.21. The number of benzene rings is 1. The van der Waals surface area contributed by atoms with Gasteiger partial charge in [0, 0.05) is 4.90 Å². The lowest BCUT2D eigenvalue weighted by molar-refractivity contribution is 1.12. The van der Waals surface area contributed by atoms with Crippen LogP contribution < -0.4 is 0 Å². The highest BCUT2D eigenvalue weighted by atomic mass is 32.2. The molecule has 0 N–H and O–H groups in total. The van der Waals surface area contributed by atoms with Crippen LogP contribution in [0.3, 0.4) is 0 Å². The third-order valence-electron chi connectivity index (χ3n) is 1.81. The predicted octanol–water partition coefficient (Wildman–Crippen LogP) is 3.23. The van der Waals surface area contributed by atoms with Crippen molar-refractivity contribution in [3.8, 4) is 6.07 Å². The van der Waals surface area contributed by atoms with Crippen molar-refractivity contribution in [2.75, 3.05) is 5.75 Å². The van der Waals surface area contributed by atoms with Crippen LogP contribution in [-0.4, -0.2) is 5.75 Å². The molecule has 0 spiro atoms. The molecule has 1 rings (SSSR count). The zero-order valence-corrected chi connectivity index (χ0v) is 8.82. The summed E-state index contributed by atoms with van der Waals surface area (Å²) in [6, 6.07) is 8.26. The Kier molecular flexibility index (Phi) is 3.85. The van der Waals surface area contributed by atoms with E-state index in [1.165, 1.54) is 10.5 Å². The van der Waals surface area contributed by atoms with E-state index in [9.17, 15) is 0 Å². The molecule has 0 heterocycles. The van der Waals surface area contributed by atoms with Gasteiger partial charge in [0.2, 0.25) is 0 Å². The summed E-state index contributed by atoms with van der Waals surface area (Å²) in [7, 11) is 0. The third kappa shape index (κ3) is 2.78. The summed E-state index contributed by atoms with van der Waals surface area (Å²) >= 11 is 1.78. The molecule has 2 heteroatoms. The maximum absolute atomic E-state index is 8.79. The first kappa shape index (κ1) is 10.1. The summed E-state index contributed by atoms with van der Waals surface area (Å²) in [5, 5.41) is 8.79. The second-order valence-electron chi connectivity index (χ2n) is 2.76. The number of nitrogens with zero attached hydrogens (tertiary/aromatic N) is 1. The lowest BCUT2D eigenvalue weighted by atomic mass is 10.1. The standard InChI is InChI=1S/C11H13NS/c1-3-9-5-10(8-12)7-11(6-9)13-4-2/h5-7H,3-4H2,1-2H3. The fourth-order valence-corrected chi connectivity index (χ4v) is 1.96. The summed E-state index contributed by atoms with van der Waals surface area (Å²) in [5.41, 5.74) is 2.02. The van der Waals surface area contributed by atoms with Gasteiger partial charge in [-0.1, -0.05) is 13.8 Å². The van der Waals surface area contributed by atoms with Crippen molar-refractivity contribution >= 4 is 11.8 Å². The maximum Gasteiger partial charge on any atom is 0.0992 e. The molecule has 0 aliphatic rings. The molecule has 0 fully saturated rings. The maximum atomic E-state index is 8.79. The molecule has 13 heavy (non-hydrogen) atoms. The zero-order chi connectivity index (χ0) is 9.68. The highest BCUT2D eigenvalue weighted by Gasteiger charge is 1.98. The minimum atomic E-state index is 0.773. The quantitative estimate of drug-likeness (QED) is 0.685. The van der Waals surface area contributed by atoms with E-state index in [-0.39, 0.29) is 0 Å². The van der Waals surface area contributed by atoms with Gasteiger partial charge in [0.05, 0.1) is 11.6 Å². The van der Waals surface area contributed by atoms with Crippen molar-refractivity contribution in [3.05, 3.63) is 29.3 Å². The van der Waals surface area contributed by atoms with Crippen LogP contribution in [0.1, 0.15) is 25.0 Å². The molecule has 0 aliphatic heterocycles. The Morgan fingerprint density at radius 2 is 2.08 bits per heavy atom. The Morgan fingerprint density at radius 3 is 2.62 bits per heavy atom. The van der Waals surface area contributed by atoms with Crippen LogP contribution in [0, 0.1) is 11.3 Å². The Balaban J connectivity index is 3.01. The van der Waals surface area contributed by atoms with E-state index in [2.05, 4.69) is 26.0 Å². The molecule has 0 saturated carbocycles. The van der Waals surface area contributed by atoms with E-state index >= 15 is 0 Å². The fourth-order valence-electron chi connectivity index (χ4n) is 1.18. The lowest BCUT2D eigenvalue weighted by Gasteiger charge is -2.02. The van der Waals surface area contributed by atoms with Gasteiger partial charge >= 0.3 is 0 Å². The fraction of sp³-hybridized carbons (Fsp3) is 0.364. The van der Waals surface area contributed by atoms with Crippen molar-refractivity contribution in [2.24, 2.45) is 0 Å². The Hall–Kier alpha value is -0.940. The molecule has 1 nitrogen and oxygen atoms in total. The van der Waals surface area contributed by atoms with E-state index in [0.29, 0.717) is 0 Å². The molecule has 68 valence electrons. The average molecular weight is 191 g/mol. The molecule has 0 unspecified atom stereocenters. The zero-order valence-electron chi connectivity index (χ0n) is 8.00. The van der Waals surface area contributed by atoms with Gasteiger partial charge in [-0.15, -0.1) is 11.8 Å². The van der Waals surface area contributed by atoms with Crippen LogP contribution >= 0.6 is 11.8 Å². The smallest absolute Gasteiger partial charge is 0.0992 e. The van der Waals surface area contributed by atoms with Crippen LogP contribution in [0.5, 0.6) is 0 Å². The topological polar surface area (TPSA) is 23.8 Å². The number of aryl methyl sites for hydroxylation is 1. The molecule has 0 radical (unpaired) electrons. The Labute approximate surface area is 83.8 Å². The van der Waals surface area contributed by atoms with Gasteiger partial charge in [0.25, 0.3) is 0 Å². The van der Waals surface area contributed by atoms with E-state index in [1.807, 2.05) is 12.1 Å². The van der Waals surface area contributed by atoms with Crippen LogP contribution in [0.2, 0.25) is 0 Å². The van der Waals surface area contributed by atoms with Crippen LogP contribution in [-0.2, 0) is 6.42 Å². The van der Waals surface area contributed by atoms with E-state index < -0.39 is 0 Å². The van der Waals surface area contributed by atoms with Crippen LogP contribution in [0.15, 0.2) is 23.1 Å². The molecule has 0 atom stereocenters. The molecule has 1 aromatic rings. The van der Waals surface area contributed by atoms with Crippen molar-refractivity contribution in [2.45, 2.75) is 25.2 Å². The largest absolute Gasteiger partial charge is 0.192 e. The summed E-state index contributed by atoms with van der Waals surface area (Å²) in [4.78, 5) is 1.21. The Morgan fingerprint density at radius 1 is 1.31 bits per heavy atom. The molecule has 0 saturated heterocycles. The molecule has 0 aromatic heterocycles. The number of rotatable bonds is 3. The minimum absolute atomic E-state index is 0.773. The second-order valence-corrected chi connectivity index (χ2v) is 4.10. The first-order chi connectivity index (χ1) is 6.30. The number of hydrogen-bond donors (Lipinski definition) is 0. The summed E-state index contributed by atoms with van der Waals surface area (Å²) in [5.74, 6) is 1.05. The molecule has 0 aliphatic carbocycles. The second kappa shape index (κ2) is 4.94. The monoisotopic (exact) mass is 191 g/mol. The van der Waals surface area contributed by atoms with Crippen molar-refractivity contribution in [1.82, 2.24) is 0 Å². The molecule has 0 amide bonds. The molecule has 1 aromatic carbocycles. The first-order valence-electron chi connectivity index (χ1n) is 4.47. The third-order valence-corrected chi connectivity index (χ3v) is 2.67. The van der Waals surface area contributed by atoms with Gasteiger partial charge in [0.15, 0.2) is 0 Å². The first-order valence-corrected chi connectivity index (χ1v) is 5.45. The summed E-state index contributed by atoms with van der Waals surface area (Å²) < 4.78 is 0. The molecular weight excluding hydrogens is 178 g/mol. The van der Waals surface area contributed by atoms with Gasteiger partial charge in [-0.3, -0.25) is 0 Å². The van der Waals surface area contributed by atoms with Crippen LogP contribution in [0.4, 0.5) is 0 Å². The van der Waals surface area contributed by atoms with Gasteiger partial charge in [-0.25, -0.2) is 0 Å². The highest BCUT2D eigenvalue weighted by molar-refractivity contribution is 7.99. The summed E-state index contributed by atoms with van der Waals surface area (Å²) in [6.07, 6.45) is 0.993. The van der Waals surface area contributed by atoms with Gasteiger partial charge in [0.1, 0.15) is 0 Å². The normalized spacial score (nSPS) is 9.62. The number of thioether (sulfide) groups is 1. The van der Waals surface area contributed by atoms with Gasteiger partial charge in [-0.05, 0) is 35.9 Å². The minimum Gasteiger partial charge on any atom is -0.192 e. The van der Waals surface area contributed by atoms with Gasteiger partial charge < -0.3 is 0 Å². The van der Waals surface area contributed by atoms with Crippen molar-refractivity contribution < 1.29 is 0 Å². The molecule has 0 bridgehead atoms. The summed E-state index contributed by atoms with van der Waals surface area (Å²) in [6.45, 7) is 4.23. The van der Waals surface area contributed by atoms with E-state index in [1.54, 1.807) is 11.8 Å². The van der Waals surface area contributed by atoms with Crippen molar-refractivity contribution in [1.29, 1.82) is 5.26 Å². The lowest BCUT2D eigenvalue weighted by Crippen LogP contribution is -1.85. The van der Waals surface area contributed by atoms with E-state index in [4.69, 9.17) is 5.26 Å². The number of hydrogen-bond acceptors (Lipinski definition) is 2. The van der Waals surface area contributed by atoms with Gasteiger partial charge in [-0.2, -0.15) is 5.26 Å². The molecular formula is C11H13NS. The SMILES string of the molecule is CCSc1cc(C#N)cc(CC)c1. The van der Waals surface area contributed by atoms with E-state index in [0.717, 1.165) is 17.7 Å². The number of nitriles is 1. The van der Waals surface area contributed by atoms with Crippen LogP contribution in [0.25, 0.3) is 0 Å².